The molecule has 108 valence electrons. The molecule has 0 aliphatic rings. The molecule has 8 nitrogen and oxygen atoms in total. The molecule has 1 atom stereocenters. The third kappa shape index (κ3) is 47.4. The molecular formula is C10H22N2O6. The van der Waals surface area contributed by atoms with Gasteiger partial charge in [0.2, 0.25) is 0 Å². The molecule has 0 aliphatic carbocycles. The second-order valence-electron chi connectivity index (χ2n) is 3.27. The SMILES string of the molecule is CC(=O)O.CC(=O)O.NCCCC[C@H](N)C(=O)O. The molecule has 0 spiro atoms. The number of carboxylic acid groups (broad SMARTS) is 3. The van der Waals surface area contributed by atoms with Crippen molar-refractivity contribution in [1.29, 1.82) is 0 Å². The molecule has 0 fully saturated rings. The summed E-state index contributed by atoms with van der Waals surface area (Å²) in [4.78, 5) is 28.1. The third-order valence-electron chi connectivity index (χ3n) is 1.29. The summed E-state index contributed by atoms with van der Waals surface area (Å²) in [7, 11) is 0. The van der Waals surface area contributed by atoms with Gasteiger partial charge in [0.15, 0.2) is 0 Å². The Kier molecular flexibility index (Phi) is 18.4. The van der Waals surface area contributed by atoms with Crippen LogP contribution in [0, 0.1) is 0 Å². The van der Waals surface area contributed by atoms with Gasteiger partial charge in [0.25, 0.3) is 11.9 Å². The lowest BCUT2D eigenvalue weighted by Crippen LogP contribution is -2.29. The Morgan fingerprint density at radius 2 is 1.33 bits per heavy atom. The molecule has 0 heterocycles. The first kappa shape index (κ1) is 21.6. The smallest absolute Gasteiger partial charge is 0.320 e. The topological polar surface area (TPSA) is 164 Å². The molecule has 0 aromatic rings. The van der Waals surface area contributed by atoms with E-state index in [0.29, 0.717) is 13.0 Å². The van der Waals surface area contributed by atoms with Gasteiger partial charge in [-0.15, -0.1) is 0 Å². The maximum atomic E-state index is 10.1. The van der Waals surface area contributed by atoms with Gasteiger partial charge in [-0.05, 0) is 19.4 Å². The maximum absolute atomic E-state index is 10.1. The van der Waals surface area contributed by atoms with Crippen molar-refractivity contribution >= 4 is 17.9 Å². The Morgan fingerprint density at radius 3 is 1.56 bits per heavy atom. The lowest BCUT2D eigenvalue weighted by molar-refractivity contribution is -0.139. The molecule has 0 aliphatic heterocycles. The van der Waals surface area contributed by atoms with Crippen molar-refractivity contribution in [1.82, 2.24) is 0 Å². The van der Waals surface area contributed by atoms with Crippen LogP contribution in [0.5, 0.6) is 0 Å². The monoisotopic (exact) mass is 266 g/mol. The van der Waals surface area contributed by atoms with Gasteiger partial charge in [-0.3, -0.25) is 14.4 Å². The summed E-state index contributed by atoms with van der Waals surface area (Å²) in [5.41, 5.74) is 10.4. The minimum atomic E-state index is -0.933. The van der Waals surface area contributed by atoms with Crippen LogP contribution in [0.2, 0.25) is 0 Å². The van der Waals surface area contributed by atoms with E-state index in [1.807, 2.05) is 0 Å². The Morgan fingerprint density at radius 1 is 1.00 bits per heavy atom. The molecule has 8 heteroatoms. The highest BCUT2D eigenvalue weighted by atomic mass is 16.4. The average molecular weight is 266 g/mol. The van der Waals surface area contributed by atoms with Gasteiger partial charge in [0.1, 0.15) is 6.04 Å². The van der Waals surface area contributed by atoms with Crippen LogP contribution in [0.1, 0.15) is 33.1 Å². The maximum Gasteiger partial charge on any atom is 0.320 e. The fraction of sp³-hybridized carbons (Fsp3) is 0.700. The van der Waals surface area contributed by atoms with E-state index in [2.05, 4.69) is 0 Å². The summed E-state index contributed by atoms with van der Waals surface area (Å²) >= 11 is 0. The predicted octanol–water partition coefficient (Wildman–Crippen LogP) is -0.291. The second-order valence-corrected chi connectivity index (χ2v) is 3.27. The van der Waals surface area contributed by atoms with Crippen LogP contribution in [0.4, 0.5) is 0 Å². The second kappa shape index (κ2) is 15.3. The van der Waals surface area contributed by atoms with Crippen molar-refractivity contribution in [3.05, 3.63) is 0 Å². The highest BCUT2D eigenvalue weighted by Crippen LogP contribution is 1.96. The summed E-state index contributed by atoms with van der Waals surface area (Å²) in [6.45, 7) is 2.77. The number of unbranched alkanes of at least 4 members (excludes halogenated alkanes) is 1. The normalized spacial score (nSPS) is 10.0. The molecule has 0 rings (SSSR count). The van der Waals surface area contributed by atoms with Crippen LogP contribution in [0.25, 0.3) is 0 Å². The first-order valence-corrected chi connectivity index (χ1v) is 5.22. The first-order valence-electron chi connectivity index (χ1n) is 5.22. The van der Waals surface area contributed by atoms with Crippen LogP contribution in [0.3, 0.4) is 0 Å². The van der Waals surface area contributed by atoms with Crippen LogP contribution < -0.4 is 11.5 Å². The molecule has 0 radical (unpaired) electrons. The van der Waals surface area contributed by atoms with Gasteiger partial charge in [0.05, 0.1) is 0 Å². The summed E-state index contributed by atoms with van der Waals surface area (Å²) in [6.07, 6.45) is 2.16. The Hall–Kier alpha value is -1.67. The molecule has 0 saturated heterocycles. The van der Waals surface area contributed by atoms with Crippen molar-refractivity contribution in [3.8, 4) is 0 Å². The molecule has 0 unspecified atom stereocenters. The van der Waals surface area contributed by atoms with Crippen molar-refractivity contribution in [2.24, 2.45) is 11.5 Å². The molecular weight excluding hydrogens is 244 g/mol. The van der Waals surface area contributed by atoms with Crippen LogP contribution >= 0.6 is 0 Å². The van der Waals surface area contributed by atoms with E-state index in [1.54, 1.807) is 0 Å². The summed E-state index contributed by atoms with van der Waals surface area (Å²) in [6, 6.07) is -0.716. The van der Waals surface area contributed by atoms with E-state index in [9.17, 15) is 4.79 Å². The molecule has 0 amide bonds. The Bertz CT molecular complexity index is 225. The minimum absolute atomic E-state index is 0.520. The number of hydrogen-bond acceptors (Lipinski definition) is 5. The van der Waals surface area contributed by atoms with Crippen LogP contribution in [-0.4, -0.2) is 45.8 Å². The number of carbonyl (C=O) groups is 3. The molecule has 0 aromatic carbocycles. The van der Waals surface area contributed by atoms with Crippen molar-refractivity contribution < 1.29 is 29.7 Å². The highest BCUT2D eigenvalue weighted by molar-refractivity contribution is 5.72. The lowest BCUT2D eigenvalue weighted by atomic mass is 10.1. The standard InChI is InChI=1S/C6H14N2O2.2C2H4O2/c7-4-2-1-3-5(8)6(9)10;2*1-2(3)4/h5H,1-4,7-8H2,(H,9,10);2*1H3,(H,3,4)/t5-;;/m0../s1. The molecule has 0 saturated carbocycles. The average Bonchev–Trinajstić information content (AvgIpc) is 2.15. The predicted molar refractivity (Wildman–Crippen MR) is 65.1 cm³/mol. The summed E-state index contributed by atoms with van der Waals surface area (Å²) < 4.78 is 0. The minimum Gasteiger partial charge on any atom is -0.481 e. The zero-order valence-electron chi connectivity index (χ0n) is 10.6. The Labute approximate surface area is 106 Å². The fourth-order valence-corrected chi connectivity index (χ4v) is 0.632. The van der Waals surface area contributed by atoms with Crippen molar-refractivity contribution in [2.45, 2.75) is 39.2 Å². The van der Waals surface area contributed by atoms with Gasteiger partial charge < -0.3 is 26.8 Å². The Balaban J connectivity index is -0.000000233. The van der Waals surface area contributed by atoms with Crippen molar-refractivity contribution in [3.63, 3.8) is 0 Å². The largest absolute Gasteiger partial charge is 0.481 e. The van der Waals surface area contributed by atoms with Crippen LogP contribution in [0.15, 0.2) is 0 Å². The number of rotatable bonds is 5. The number of hydrogen-bond donors (Lipinski definition) is 5. The zero-order valence-corrected chi connectivity index (χ0v) is 10.6. The van der Waals surface area contributed by atoms with E-state index >= 15 is 0 Å². The zero-order chi connectivity index (χ0) is 15.1. The third-order valence-corrected chi connectivity index (χ3v) is 1.29. The number of nitrogens with two attached hydrogens (primary N) is 2. The van der Waals surface area contributed by atoms with E-state index < -0.39 is 23.9 Å². The van der Waals surface area contributed by atoms with Gasteiger partial charge >= 0.3 is 5.97 Å². The van der Waals surface area contributed by atoms with E-state index in [-0.39, 0.29) is 0 Å². The quantitative estimate of drug-likeness (QED) is 0.423. The molecule has 7 N–H and O–H groups in total. The molecule has 0 bridgehead atoms. The first-order chi connectivity index (χ1) is 8.14. The fourth-order valence-electron chi connectivity index (χ4n) is 0.632. The van der Waals surface area contributed by atoms with Gasteiger partial charge in [-0.2, -0.15) is 0 Å². The van der Waals surface area contributed by atoms with E-state index in [4.69, 9.17) is 36.4 Å². The van der Waals surface area contributed by atoms with E-state index in [1.165, 1.54) is 0 Å². The van der Waals surface area contributed by atoms with Crippen LogP contribution in [-0.2, 0) is 14.4 Å². The highest BCUT2D eigenvalue weighted by Gasteiger charge is 2.09. The number of aliphatic carboxylic acids is 3. The lowest BCUT2D eigenvalue weighted by Gasteiger charge is -2.03. The number of carboxylic acids is 3. The summed E-state index contributed by atoms with van der Waals surface area (Å²) in [5, 5.41) is 23.2. The summed E-state index contributed by atoms with van der Waals surface area (Å²) in [5.74, 6) is -2.60. The van der Waals surface area contributed by atoms with Gasteiger partial charge in [0, 0.05) is 13.8 Å². The van der Waals surface area contributed by atoms with Gasteiger partial charge in [-0.25, -0.2) is 0 Å². The molecule has 0 aromatic heterocycles. The van der Waals surface area contributed by atoms with E-state index in [0.717, 1.165) is 26.7 Å². The van der Waals surface area contributed by atoms with Crippen molar-refractivity contribution in [2.75, 3.05) is 6.54 Å². The molecule has 18 heavy (non-hydrogen) atoms. The van der Waals surface area contributed by atoms with Gasteiger partial charge in [-0.1, -0.05) is 6.42 Å².